The highest BCUT2D eigenvalue weighted by molar-refractivity contribution is 7.98. The Balaban J connectivity index is 1.50. The van der Waals surface area contributed by atoms with Crippen LogP contribution in [0.5, 0.6) is 0 Å². The molecule has 0 unspecified atom stereocenters. The molecule has 1 aromatic carbocycles. The highest BCUT2D eigenvalue weighted by Gasteiger charge is 2.22. The minimum atomic E-state index is 0.849. The molecule has 134 valence electrons. The van der Waals surface area contributed by atoms with Crippen LogP contribution in [0.1, 0.15) is 17.7 Å². The summed E-state index contributed by atoms with van der Waals surface area (Å²) >= 11 is 1.90. The lowest BCUT2D eigenvalue weighted by Gasteiger charge is -2.22. The van der Waals surface area contributed by atoms with Crippen molar-refractivity contribution in [3.05, 3.63) is 35.7 Å². The van der Waals surface area contributed by atoms with Crippen molar-refractivity contribution in [2.24, 2.45) is 0 Å². The third kappa shape index (κ3) is 2.99. The van der Waals surface area contributed by atoms with E-state index >= 15 is 0 Å². The summed E-state index contributed by atoms with van der Waals surface area (Å²) in [5.74, 6) is 3.72. The lowest BCUT2D eigenvalue weighted by molar-refractivity contribution is 0.724. The van der Waals surface area contributed by atoms with Crippen molar-refractivity contribution in [2.45, 2.75) is 17.9 Å². The van der Waals surface area contributed by atoms with Crippen LogP contribution in [0.2, 0.25) is 0 Å². The first-order chi connectivity index (χ1) is 12.9. The van der Waals surface area contributed by atoms with Crippen LogP contribution in [-0.4, -0.2) is 46.3 Å². The molecule has 2 aromatic heterocycles. The Morgan fingerprint density at radius 1 is 1.12 bits per heavy atom. The molecular weight excluding hydrogens is 346 g/mol. The van der Waals surface area contributed by atoms with Gasteiger partial charge in [0.05, 0.1) is 17.4 Å². The number of hydrogen-bond donors (Lipinski definition) is 3. The predicted octanol–water partition coefficient (Wildman–Crippen LogP) is 2.64. The summed E-state index contributed by atoms with van der Waals surface area (Å²) in [6, 6.07) is 6.21. The predicted molar refractivity (Wildman–Crippen MR) is 106 cm³/mol. The molecular formula is C18H21N7S. The van der Waals surface area contributed by atoms with Gasteiger partial charge in [-0.15, -0.1) is 0 Å². The van der Waals surface area contributed by atoms with Crippen molar-refractivity contribution in [1.82, 2.24) is 25.5 Å². The molecule has 3 aromatic rings. The van der Waals surface area contributed by atoms with Gasteiger partial charge < -0.3 is 15.5 Å². The number of nitrogens with one attached hydrogen (secondary N) is 3. The van der Waals surface area contributed by atoms with E-state index in [1.165, 1.54) is 11.3 Å². The molecule has 0 bridgehead atoms. The monoisotopic (exact) mass is 367 g/mol. The molecule has 1 fully saturated rings. The Kier molecular flexibility index (Phi) is 4.14. The zero-order valence-electron chi connectivity index (χ0n) is 14.5. The molecule has 0 atom stereocenters. The van der Waals surface area contributed by atoms with Crippen molar-refractivity contribution < 1.29 is 0 Å². The number of anilines is 3. The average Bonchev–Trinajstić information content (AvgIpc) is 3.24. The van der Waals surface area contributed by atoms with Crippen LogP contribution in [0.4, 0.5) is 17.5 Å². The zero-order chi connectivity index (χ0) is 17.3. The number of benzene rings is 1. The highest BCUT2D eigenvalue weighted by atomic mass is 32.2. The summed E-state index contributed by atoms with van der Waals surface area (Å²) in [4.78, 5) is 12.1. The molecule has 0 aliphatic carbocycles. The number of aromatic nitrogens is 4. The lowest BCUT2D eigenvalue weighted by atomic mass is 10.2. The number of nitrogens with zero attached hydrogens (tertiary/aromatic N) is 4. The van der Waals surface area contributed by atoms with Crippen molar-refractivity contribution in [3.63, 3.8) is 0 Å². The van der Waals surface area contributed by atoms with Gasteiger partial charge in [-0.05, 0) is 31.2 Å². The SMILES string of the molecule is c1cc2[nH]ncc2cc1Nc1nc(N2CCCNCC2)nc2c1CSC2. The number of thioether (sulfide) groups is 1. The van der Waals surface area contributed by atoms with Crippen LogP contribution in [0.25, 0.3) is 10.9 Å². The first-order valence-electron chi connectivity index (χ1n) is 9.00. The third-order valence-corrected chi connectivity index (χ3v) is 5.86. The first-order valence-corrected chi connectivity index (χ1v) is 10.2. The maximum absolute atomic E-state index is 4.91. The normalized spacial score (nSPS) is 17.3. The fraction of sp³-hybridized carbons (Fsp3) is 0.389. The number of H-pyrrole nitrogens is 1. The smallest absolute Gasteiger partial charge is 0.227 e. The zero-order valence-corrected chi connectivity index (χ0v) is 15.3. The number of fused-ring (bicyclic) bond motifs is 2. The Morgan fingerprint density at radius 2 is 2.12 bits per heavy atom. The van der Waals surface area contributed by atoms with Gasteiger partial charge in [-0.2, -0.15) is 21.8 Å². The van der Waals surface area contributed by atoms with Gasteiger partial charge in [0.15, 0.2) is 0 Å². The van der Waals surface area contributed by atoms with Gasteiger partial charge in [-0.25, -0.2) is 4.98 Å². The van der Waals surface area contributed by atoms with Gasteiger partial charge in [0, 0.05) is 47.8 Å². The van der Waals surface area contributed by atoms with Gasteiger partial charge in [-0.1, -0.05) is 0 Å². The number of hydrogen-bond acceptors (Lipinski definition) is 7. The largest absolute Gasteiger partial charge is 0.340 e. The Hall–Kier alpha value is -2.32. The molecule has 1 saturated heterocycles. The Morgan fingerprint density at radius 3 is 3.12 bits per heavy atom. The molecule has 0 amide bonds. The van der Waals surface area contributed by atoms with E-state index in [-0.39, 0.29) is 0 Å². The van der Waals surface area contributed by atoms with Crippen molar-refractivity contribution in [1.29, 1.82) is 0 Å². The fourth-order valence-electron chi connectivity index (χ4n) is 3.49. The molecule has 3 N–H and O–H groups in total. The van der Waals surface area contributed by atoms with Gasteiger partial charge in [0.1, 0.15) is 5.82 Å². The molecule has 0 radical (unpaired) electrons. The molecule has 4 heterocycles. The fourth-order valence-corrected chi connectivity index (χ4v) is 4.53. The summed E-state index contributed by atoms with van der Waals surface area (Å²) in [5.41, 5.74) is 4.47. The average molecular weight is 367 g/mol. The minimum Gasteiger partial charge on any atom is -0.340 e. The summed E-state index contributed by atoms with van der Waals surface area (Å²) in [6.07, 6.45) is 2.96. The molecule has 2 aliphatic heterocycles. The van der Waals surface area contributed by atoms with Crippen LogP contribution in [0.3, 0.4) is 0 Å². The quantitative estimate of drug-likeness (QED) is 0.656. The van der Waals surface area contributed by atoms with Crippen LogP contribution < -0.4 is 15.5 Å². The molecule has 26 heavy (non-hydrogen) atoms. The van der Waals surface area contributed by atoms with Crippen LogP contribution in [0, 0.1) is 0 Å². The second-order valence-corrected chi connectivity index (χ2v) is 7.66. The molecule has 0 saturated carbocycles. The van der Waals surface area contributed by atoms with Gasteiger partial charge >= 0.3 is 0 Å². The van der Waals surface area contributed by atoms with E-state index in [0.717, 1.165) is 72.5 Å². The molecule has 0 spiro atoms. The maximum atomic E-state index is 4.91. The van der Waals surface area contributed by atoms with Crippen LogP contribution in [0.15, 0.2) is 24.4 Å². The summed E-state index contributed by atoms with van der Waals surface area (Å²) < 4.78 is 0. The minimum absolute atomic E-state index is 0.849. The van der Waals surface area contributed by atoms with E-state index in [0.29, 0.717) is 0 Å². The topological polar surface area (TPSA) is 81.8 Å². The van der Waals surface area contributed by atoms with E-state index < -0.39 is 0 Å². The van der Waals surface area contributed by atoms with Gasteiger partial charge in [-0.3, -0.25) is 5.10 Å². The third-order valence-electron chi connectivity index (χ3n) is 4.89. The molecule has 2 aliphatic rings. The van der Waals surface area contributed by atoms with Gasteiger partial charge in [0.2, 0.25) is 5.95 Å². The molecule has 5 rings (SSSR count). The van der Waals surface area contributed by atoms with Crippen molar-refractivity contribution >= 4 is 40.1 Å². The maximum Gasteiger partial charge on any atom is 0.227 e. The van der Waals surface area contributed by atoms with E-state index in [9.17, 15) is 0 Å². The Labute approximate surface area is 156 Å². The summed E-state index contributed by atoms with van der Waals surface area (Å²) in [5, 5.41) is 15.2. The first kappa shape index (κ1) is 15.9. The number of aromatic amines is 1. The van der Waals surface area contributed by atoms with Crippen molar-refractivity contribution in [3.8, 4) is 0 Å². The summed E-state index contributed by atoms with van der Waals surface area (Å²) in [7, 11) is 0. The van der Waals surface area contributed by atoms with E-state index in [1.54, 1.807) is 0 Å². The molecule has 7 nitrogen and oxygen atoms in total. The van der Waals surface area contributed by atoms with E-state index in [4.69, 9.17) is 9.97 Å². The Bertz CT molecular complexity index is 930. The van der Waals surface area contributed by atoms with E-state index in [2.05, 4.69) is 37.9 Å². The highest BCUT2D eigenvalue weighted by Crippen LogP contribution is 2.35. The van der Waals surface area contributed by atoms with Crippen molar-refractivity contribution in [2.75, 3.05) is 36.4 Å². The second-order valence-electron chi connectivity index (χ2n) is 6.68. The van der Waals surface area contributed by atoms with Gasteiger partial charge in [0.25, 0.3) is 0 Å². The summed E-state index contributed by atoms with van der Waals surface area (Å²) in [6.45, 7) is 3.99. The number of rotatable bonds is 3. The standard InChI is InChI=1S/C18H21N7S/c1-4-19-5-7-25(6-1)18-22-16-11-26-10-14(16)17(23-18)21-13-2-3-15-12(8-13)9-20-24-15/h2-3,8-9,19H,1,4-7,10-11H2,(H,20,24)(H,21,22,23). The van der Waals surface area contributed by atoms with E-state index in [1.807, 2.05) is 24.0 Å². The van der Waals surface area contributed by atoms with Crippen LogP contribution in [-0.2, 0) is 11.5 Å². The molecule has 8 heteroatoms. The second kappa shape index (κ2) is 6.77. The lowest BCUT2D eigenvalue weighted by Crippen LogP contribution is -2.30. The van der Waals surface area contributed by atoms with Crippen LogP contribution >= 0.6 is 11.8 Å².